The van der Waals surface area contributed by atoms with Crippen LogP contribution in [0.4, 0.5) is 0 Å². The summed E-state index contributed by atoms with van der Waals surface area (Å²) in [6, 6.07) is 4.77. The molecular weight excluding hydrogens is 408 g/mol. The number of nitrogens with zero attached hydrogens (tertiary/aromatic N) is 3. The van der Waals surface area contributed by atoms with Gasteiger partial charge in [0.25, 0.3) is 11.5 Å². The highest BCUT2D eigenvalue weighted by molar-refractivity contribution is 7.91. The summed E-state index contributed by atoms with van der Waals surface area (Å²) in [5.74, 6) is -0.396. The zero-order valence-corrected chi connectivity index (χ0v) is 17.7. The van der Waals surface area contributed by atoms with Crippen molar-refractivity contribution in [1.29, 1.82) is 0 Å². The number of ether oxygens (including phenoxy) is 1. The van der Waals surface area contributed by atoms with Gasteiger partial charge in [0.05, 0.1) is 16.9 Å². The quantitative estimate of drug-likeness (QED) is 0.580. The first-order chi connectivity index (χ1) is 14.3. The van der Waals surface area contributed by atoms with E-state index in [0.717, 1.165) is 5.56 Å². The predicted octanol–water partition coefficient (Wildman–Crippen LogP) is 0.911. The first-order valence-corrected chi connectivity index (χ1v) is 11.6. The number of carbonyl (C=O) groups is 1. The lowest BCUT2D eigenvalue weighted by atomic mass is 10.2. The third-order valence-corrected chi connectivity index (χ3v) is 7.19. The van der Waals surface area contributed by atoms with Crippen LogP contribution in [0.15, 0.2) is 29.2 Å². The average molecular weight is 433 g/mol. The van der Waals surface area contributed by atoms with Gasteiger partial charge in [-0.15, -0.1) is 0 Å². The molecule has 1 amide bonds. The Kier molecular flexibility index (Phi) is 5.37. The lowest BCUT2D eigenvalue weighted by Gasteiger charge is -2.13. The number of fused-ring (bicyclic) bond motifs is 2. The number of hydrogen-bond acceptors (Lipinski definition) is 6. The zero-order chi connectivity index (χ0) is 21.5. The molecule has 1 atom stereocenters. The molecule has 0 radical (unpaired) electrons. The number of rotatable bonds is 6. The van der Waals surface area contributed by atoms with Crippen LogP contribution in [0.3, 0.4) is 0 Å². The Hall–Kier alpha value is -2.72. The maximum atomic E-state index is 13.1. The van der Waals surface area contributed by atoms with Crippen molar-refractivity contribution in [2.75, 3.05) is 25.2 Å². The van der Waals surface area contributed by atoms with Crippen molar-refractivity contribution < 1.29 is 17.9 Å². The summed E-state index contributed by atoms with van der Waals surface area (Å²) < 4.78 is 31.8. The molecule has 0 aliphatic carbocycles. The molecule has 1 saturated heterocycles. The van der Waals surface area contributed by atoms with Crippen LogP contribution in [0.5, 0.6) is 0 Å². The van der Waals surface area contributed by atoms with Crippen LogP contribution in [-0.2, 0) is 21.1 Å². The molecule has 4 rings (SSSR count). The fourth-order valence-electron chi connectivity index (χ4n) is 3.91. The van der Waals surface area contributed by atoms with Gasteiger partial charge in [0.15, 0.2) is 9.84 Å². The van der Waals surface area contributed by atoms with Crippen molar-refractivity contribution in [2.24, 2.45) is 0 Å². The van der Waals surface area contributed by atoms with Crippen LogP contribution in [0.1, 0.15) is 28.9 Å². The molecule has 9 nitrogen and oxygen atoms in total. The molecule has 3 aromatic heterocycles. The van der Waals surface area contributed by atoms with Gasteiger partial charge in [0, 0.05) is 32.5 Å². The molecule has 4 heterocycles. The normalized spacial score (nSPS) is 18.3. The van der Waals surface area contributed by atoms with E-state index in [1.54, 1.807) is 30.0 Å². The molecule has 1 aliphatic heterocycles. The van der Waals surface area contributed by atoms with Crippen molar-refractivity contribution >= 4 is 32.4 Å². The molecule has 10 heteroatoms. The number of aryl methyl sites for hydroxylation is 2. The van der Waals surface area contributed by atoms with E-state index in [-0.39, 0.29) is 17.1 Å². The van der Waals surface area contributed by atoms with Crippen molar-refractivity contribution in [3.63, 3.8) is 0 Å². The lowest BCUT2D eigenvalue weighted by Crippen LogP contribution is -2.36. The Labute approximate surface area is 173 Å². The molecule has 0 saturated carbocycles. The van der Waals surface area contributed by atoms with Gasteiger partial charge < -0.3 is 14.6 Å². The van der Waals surface area contributed by atoms with Gasteiger partial charge in [0.1, 0.15) is 17.0 Å². The minimum absolute atomic E-state index is 0.0629. The second-order valence-electron chi connectivity index (χ2n) is 7.64. The van der Waals surface area contributed by atoms with E-state index >= 15 is 0 Å². The molecule has 0 spiro atoms. The molecule has 160 valence electrons. The number of methoxy groups -OCH3 is 1. The molecule has 30 heavy (non-hydrogen) atoms. The Morgan fingerprint density at radius 3 is 2.87 bits per heavy atom. The minimum Gasteiger partial charge on any atom is -0.385 e. The van der Waals surface area contributed by atoms with Crippen LogP contribution in [-0.4, -0.2) is 59.5 Å². The number of aromatic nitrogens is 3. The van der Waals surface area contributed by atoms with Crippen molar-refractivity contribution in [3.8, 4) is 0 Å². The predicted molar refractivity (Wildman–Crippen MR) is 113 cm³/mol. The second kappa shape index (κ2) is 7.84. The van der Waals surface area contributed by atoms with Gasteiger partial charge >= 0.3 is 0 Å². The molecule has 0 aromatic carbocycles. The second-order valence-corrected chi connectivity index (χ2v) is 9.87. The first-order valence-electron chi connectivity index (χ1n) is 9.82. The third kappa shape index (κ3) is 3.72. The standard InChI is InChI=1S/C20H24N4O5S/c1-13-5-3-7-24-17(13)22-18-15(20(24)26)11-16(23(18)8-4-9-29-2)19(25)21-14-6-10-30(27,28)12-14/h3,5,7,11,14H,4,6,8-10,12H2,1-2H3,(H,21,25). The molecule has 1 fully saturated rings. The SMILES string of the molecule is COCCCn1c(C(=O)NC2CCS(=O)(=O)C2)cc2c(=O)n3cccc(C)c3nc21. The fourth-order valence-corrected chi connectivity index (χ4v) is 5.58. The maximum Gasteiger partial charge on any atom is 0.268 e. The topological polar surface area (TPSA) is 112 Å². The van der Waals surface area contributed by atoms with Gasteiger partial charge in [-0.05, 0) is 37.5 Å². The lowest BCUT2D eigenvalue weighted by molar-refractivity contribution is 0.0931. The highest BCUT2D eigenvalue weighted by Crippen LogP contribution is 2.19. The Balaban J connectivity index is 1.81. The Morgan fingerprint density at radius 2 is 2.17 bits per heavy atom. The van der Waals surface area contributed by atoms with E-state index < -0.39 is 21.8 Å². The monoisotopic (exact) mass is 432 g/mol. The number of nitrogens with one attached hydrogen (secondary N) is 1. The molecule has 3 aromatic rings. The third-order valence-electron chi connectivity index (χ3n) is 5.42. The number of amides is 1. The summed E-state index contributed by atoms with van der Waals surface area (Å²) in [7, 11) is -1.52. The molecule has 0 bridgehead atoms. The largest absolute Gasteiger partial charge is 0.385 e. The summed E-state index contributed by atoms with van der Waals surface area (Å²) in [5.41, 5.74) is 1.87. The van der Waals surface area contributed by atoms with Crippen molar-refractivity contribution in [1.82, 2.24) is 19.3 Å². The number of carbonyl (C=O) groups excluding carboxylic acids is 1. The minimum atomic E-state index is -3.12. The Morgan fingerprint density at radius 1 is 1.37 bits per heavy atom. The zero-order valence-electron chi connectivity index (χ0n) is 16.9. The summed E-state index contributed by atoms with van der Waals surface area (Å²) >= 11 is 0. The first kappa shape index (κ1) is 20.5. The average Bonchev–Trinajstić information content (AvgIpc) is 3.23. The summed E-state index contributed by atoms with van der Waals surface area (Å²) in [4.78, 5) is 30.8. The van der Waals surface area contributed by atoms with E-state index in [2.05, 4.69) is 10.3 Å². The Bertz CT molecular complexity index is 1290. The highest BCUT2D eigenvalue weighted by atomic mass is 32.2. The summed E-state index contributed by atoms with van der Waals surface area (Å²) in [5, 5.41) is 3.16. The van der Waals surface area contributed by atoms with Crippen LogP contribution in [0.2, 0.25) is 0 Å². The van der Waals surface area contributed by atoms with Gasteiger partial charge in [-0.25, -0.2) is 13.4 Å². The molecule has 1 aliphatic rings. The van der Waals surface area contributed by atoms with E-state index in [9.17, 15) is 18.0 Å². The molecule has 1 unspecified atom stereocenters. The van der Waals surface area contributed by atoms with Gasteiger partial charge in [-0.3, -0.25) is 14.0 Å². The maximum absolute atomic E-state index is 13.1. The smallest absolute Gasteiger partial charge is 0.268 e. The van der Waals surface area contributed by atoms with Crippen LogP contribution in [0, 0.1) is 6.92 Å². The van der Waals surface area contributed by atoms with Crippen molar-refractivity contribution in [2.45, 2.75) is 32.4 Å². The molecule has 1 N–H and O–H groups in total. The van der Waals surface area contributed by atoms with E-state index in [1.807, 2.05) is 13.0 Å². The van der Waals surface area contributed by atoms with Crippen LogP contribution < -0.4 is 10.9 Å². The summed E-state index contributed by atoms with van der Waals surface area (Å²) in [6.07, 6.45) is 2.68. The van der Waals surface area contributed by atoms with Crippen LogP contribution >= 0.6 is 0 Å². The van der Waals surface area contributed by atoms with Gasteiger partial charge in [0.2, 0.25) is 0 Å². The van der Waals surface area contributed by atoms with E-state index in [4.69, 9.17) is 4.74 Å². The molecular formula is C20H24N4O5S. The van der Waals surface area contributed by atoms with E-state index in [0.29, 0.717) is 48.4 Å². The number of sulfone groups is 1. The highest BCUT2D eigenvalue weighted by Gasteiger charge is 2.30. The van der Waals surface area contributed by atoms with Gasteiger partial charge in [-0.1, -0.05) is 6.07 Å². The van der Waals surface area contributed by atoms with Crippen molar-refractivity contribution in [3.05, 3.63) is 46.0 Å². The van der Waals surface area contributed by atoms with E-state index in [1.165, 1.54) is 4.40 Å². The number of pyridine rings is 1. The van der Waals surface area contributed by atoms with Crippen LogP contribution in [0.25, 0.3) is 16.7 Å². The number of hydrogen-bond donors (Lipinski definition) is 1. The van der Waals surface area contributed by atoms with Gasteiger partial charge in [-0.2, -0.15) is 0 Å². The summed E-state index contributed by atoms with van der Waals surface area (Å²) in [6.45, 7) is 2.81. The fraction of sp³-hybridized carbons (Fsp3) is 0.450.